The second-order valence-corrected chi connectivity index (χ2v) is 7.35. The van der Waals surface area contributed by atoms with Gasteiger partial charge in [0.2, 0.25) is 0 Å². The topological polar surface area (TPSA) is 84.1 Å². The molecule has 1 N–H and O–H groups in total. The van der Waals surface area contributed by atoms with Gasteiger partial charge < -0.3 is 14.6 Å². The molecule has 1 amide bonds. The van der Waals surface area contributed by atoms with E-state index >= 15 is 0 Å². The monoisotopic (exact) mass is 427 g/mol. The maximum absolute atomic E-state index is 12.7. The number of aromatic nitrogens is 1. The second kappa shape index (κ2) is 9.80. The van der Waals surface area contributed by atoms with Crippen LogP contribution in [-0.4, -0.2) is 22.9 Å². The molecule has 6 nitrogen and oxygen atoms in total. The summed E-state index contributed by atoms with van der Waals surface area (Å²) in [5.41, 5.74) is 4.71. The van der Waals surface area contributed by atoms with Crippen LogP contribution in [0.25, 0.3) is 11.8 Å². The van der Waals surface area contributed by atoms with Crippen LogP contribution in [-0.2, 0) is 4.79 Å². The lowest BCUT2D eigenvalue weighted by molar-refractivity contribution is -0.112. The number of anilines is 1. The van der Waals surface area contributed by atoms with Gasteiger partial charge in [0, 0.05) is 34.4 Å². The minimum absolute atomic E-state index is 0.000935. The molecule has 0 saturated heterocycles. The Hall–Kier alpha value is -4.11. The third-order valence-corrected chi connectivity index (χ3v) is 5.07. The standard InChI is InChI=1S/C26H25N3O3/c1-5-32-25-8-6-7-23(15-25)28-26(31)22(16-27)14-21-13-17(2)29(18(21)3)24-11-9-20(10-12-24)19(4)30/h6-15H,5H2,1-4H3,(H,28,31)/b22-14+. The molecule has 0 aliphatic rings. The van der Waals surface area contributed by atoms with Crippen molar-refractivity contribution < 1.29 is 14.3 Å². The molecule has 3 rings (SSSR count). The average Bonchev–Trinajstić information content (AvgIpc) is 3.05. The third kappa shape index (κ3) is 4.96. The minimum atomic E-state index is -0.489. The van der Waals surface area contributed by atoms with Crippen molar-refractivity contribution in [3.8, 4) is 17.5 Å². The van der Waals surface area contributed by atoms with E-state index in [4.69, 9.17) is 4.74 Å². The number of nitriles is 1. The minimum Gasteiger partial charge on any atom is -0.494 e. The fourth-order valence-corrected chi connectivity index (χ4v) is 3.51. The largest absolute Gasteiger partial charge is 0.494 e. The molecule has 1 heterocycles. The number of Topliss-reactive ketones (excluding diaryl/α,β-unsaturated/α-hetero) is 1. The molecular weight excluding hydrogens is 402 g/mol. The molecule has 0 unspecified atom stereocenters. The van der Waals surface area contributed by atoms with Gasteiger partial charge in [-0.3, -0.25) is 9.59 Å². The van der Waals surface area contributed by atoms with E-state index < -0.39 is 5.91 Å². The number of hydrogen-bond acceptors (Lipinski definition) is 4. The quantitative estimate of drug-likeness (QED) is 0.317. The molecule has 0 radical (unpaired) electrons. The summed E-state index contributed by atoms with van der Waals surface area (Å²) in [5, 5.41) is 12.4. The van der Waals surface area contributed by atoms with Crippen molar-refractivity contribution in [2.24, 2.45) is 0 Å². The molecule has 3 aromatic rings. The number of amides is 1. The molecular formula is C26H25N3O3. The van der Waals surface area contributed by atoms with Gasteiger partial charge >= 0.3 is 0 Å². The van der Waals surface area contributed by atoms with Gasteiger partial charge in [0.1, 0.15) is 17.4 Å². The number of ether oxygens (including phenoxy) is 1. The fraction of sp³-hybridized carbons (Fsp3) is 0.192. The van der Waals surface area contributed by atoms with E-state index in [1.807, 2.05) is 49.6 Å². The lowest BCUT2D eigenvalue weighted by Crippen LogP contribution is -2.13. The lowest BCUT2D eigenvalue weighted by Gasteiger charge is -2.10. The van der Waals surface area contributed by atoms with Gasteiger partial charge in [-0.05, 0) is 81.8 Å². The Labute approximate surface area is 187 Å². The zero-order valence-corrected chi connectivity index (χ0v) is 18.6. The summed E-state index contributed by atoms with van der Waals surface area (Å²) >= 11 is 0. The van der Waals surface area contributed by atoms with Crippen LogP contribution in [0, 0.1) is 25.2 Å². The van der Waals surface area contributed by atoms with E-state index in [1.54, 1.807) is 42.5 Å². The number of aryl methyl sites for hydroxylation is 1. The van der Waals surface area contributed by atoms with Gasteiger partial charge in [0.25, 0.3) is 5.91 Å². The molecule has 162 valence electrons. The van der Waals surface area contributed by atoms with Gasteiger partial charge in [-0.15, -0.1) is 0 Å². The molecule has 0 atom stereocenters. The average molecular weight is 428 g/mol. The number of rotatable bonds is 7. The normalized spacial score (nSPS) is 11.0. The SMILES string of the molecule is CCOc1cccc(NC(=O)/C(C#N)=C/c2cc(C)n(-c3ccc(C(C)=O)cc3)c2C)c1. The number of ketones is 1. The van der Waals surface area contributed by atoms with Crippen LogP contribution in [0.5, 0.6) is 5.75 Å². The summed E-state index contributed by atoms with van der Waals surface area (Å²) < 4.78 is 7.47. The van der Waals surface area contributed by atoms with Crippen molar-refractivity contribution in [2.75, 3.05) is 11.9 Å². The van der Waals surface area contributed by atoms with Crippen molar-refractivity contribution in [3.05, 3.63) is 82.7 Å². The number of hydrogen-bond donors (Lipinski definition) is 1. The number of carbonyl (C=O) groups excluding carboxylic acids is 2. The second-order valence-electron chi connectivity index (χ2n) is 7.35. The van der Waals surface area contributed by atoms with Crippen molar-refractivity contribution >= 4 is 23.5 Å². The predicted molar refractivity (Wildman–Crippen MR) is 125 cm³/mol. The van der Waals surface area contributed by atoms with E-state index in [0.29, 0.717) is 23.6 Å². The van der Waals surface area contributed by atoms with Crippen molar-refractivity contribution in [3.63, 3.8) is 0 Å². The summed E-state index contributed by atoms with van der Waals surface area (Å²) in [4.78, 5) is 24.3. The Kier molecular flexibility index (Phi) is 6.91. The summed E-state index contributed by atoms with van der Waals surface area (Å²) in [6, 6.07) is 18.3. The number of carbonyl (C=O) groups is 2. The highest BCUT2D eigenvalue weighted by Gasteiger charge is 2.14. The van der Waals surface area contributed by atoms with Crippen molar-refractivity contribution in [1.29, 1.82) is 5.26 Å². The number of nitrogens with one attached hydrogen (secondary N) is 1. The highest BCUT2D eigenvalue weighted by Crippen LogP contribution is 2.24. The Balaban J connectivity index is 1.88. The van der Waals surface area contributed by atoms with Crippen LogP contribution in [0.15, 0.2) is 60.2 Å². The summed E-state index contributed by atoms with van der Waals surface area (Å²) in [6.07, 6.45) is 1.59. The van der Waals surface area contributed by atoms with E-state index in [2.05, 4.69) is 5.32 Å². The first-order valence-corrected chi connectivity index (χ1v) is 10.3. The van der Waals surface area contributed by atoms with Crippen LogP contribution in [0.4, 0.5) is 5.69 Å². The first-order chi connectivity index (χ1) is 15.3. The Morgan fingerprint density at radius 1 is 1.12 bits per heavy atom. The molecule has 0 aliphatic carbocycles. The molecule has 32 heavy (non-hydrogen) atoms. The molecule has 0 spiro atoms. The fourth-order valence-electron chi connectivity index (χ4n) is 3.51. The van der Waals surface area contributed by atoms with Crippen LogP contribution in [0.3, 0.4) is 0 Å². The van der Waals surface area contributed by atoms with E-state index in [-0.39, 0.29) is 11.4 Å². The van der Waals surface area contributed by atoms with E-state index in [0.717, 1.165) is 22.6 Å². The maximum Gasteiger partial charge on any atom is 0.266 e. The highest BCUT2D eigenvalue weighted by molar-refractivity contribution is 6.09. The van der Waals surface area contributed by atoms with Crippen molar-refractivity contribution in [1.82, 2.24) is 4.57 Å². The molecule has 2 aromatic carbocycles. The van der Waals surface area contributed by atoms with Crippen LogP contribution >= 0.6 is 0 Å². The van der Waals surface area contributed by atoms with Gasteiger partial charge in [-0.25, -0.2) is 0 Å². The molecule has 1 aromatic heterocycles. The summed E-state index contributed by atoms with van der Waals surface area (Å²) in [7, 11) is 0. The van der Waals surface area contributed by atoms with E-state index in [9.17, 15) is 14.9 Å². The smallest absolute Gasteiger partial charge is 0.266 e. The van der Waals surface area contributed by atoms with Crippen molar-refractivity contribution in [2.45, 2.75) is 27.7 Å². The van der Waals surface area contributed by atoms with Crippen LogP contribution < -0.4 is 10.1 Å². The zero-order chi connectivity index (χ0) is 23.3. The predicted octanol–water partition coefficient (Wildman–Crippen LogP) is 5.24. The summed E-state index contributed by atoms with van der Waals surface area (Å²) in [5.74, 6) is 0.168. The number of benzene rings is 2. The molecule has 6 heteroatoms. The van der Waals surface area contributed by atoms with E-state index in [1.165, 1.54) is 6.92 Å². The van der Waals surface area contributed by atoms with Gasteiger partial charge in [0.05, 0.1) is 6.61 Å². The maximum atomic E-state index is 12.7. The Bertz CT molecular complexity index is 1230. The first-order valence-electron chi connectivity index (χ1n) is 10.3. The zero-order valence-electron chi connectivity index (χ0n) is 18.6. The molecule has 0 aliphatic heterocycles. The highest BCUT2D eigenvalue weighted by atomic mass is 16.5. The third-order valence-electron chi connectivity index (χ3n) is 5.07. The first kappa shape index (κ1) is 22.6. The lowest BCUT2D eigenvalue weighted by atomic mass is 10.1. The molecule has 0 saturated carbocycles. The van der Waals surface area contributed by atoms with Gasteiger partial charge in [-0.2, -0.15) is 5.26 Å². The van der Waals surface area contributed by atoms with Crippen LogP contribution in [0.1, 0.15) is 41.2 Å². The molecule has 0 bridgehead atoms. The number of nitrogens with zero attached hydrogens (tertiary/aromatic N) is 2. The van der Waals surface area contributed by atoms with Gasteiger partial charge in [-0.1, -0.05) is 6.07 Å². The summed E-state index contributed by atoms with van der Waals surface area (Å²) in [6.45, 7) is 7.82. The van der Waals surface area contributed by atoms with Crippen LogP contribution in [0.2, 0.25) is 0 Å². The van der Waals surface area contributed by atoms with Gasteiger partial charge in [0.15, 0.2) is 5.78 Å². The molecule has 0 fully saturated rings. The Morgan fingerprint density at radius 2 is 1.84 bits per heavy atom. The Morgan fingerprint density at radius 3 is 2.47 bits per heavy atom.